The third-order valence-electron chi connectivity index (χ3n) is 9.97. The summed E-state index contributed by atoms with van der Waals surface area (Å²) >= 11 is 15.9. The molecule has 5 heterocycles. The number of aromatic nitrogens is 1. The molecule has 0 saturated carbocycles. The van der Waals surface area contributed by atoms with E-state index in [1.54, 1.807) is 23.1 Å². The van der Waals surface area contributed by atoms with Crippen molar-refractivity contribution in [2.45, 2.75) is 44.4 Å². The van der Waals surface area contributed by atoms with Crippen molar-refractivity contribution in [1.82, 2.24) is 82.9 Å². The molecule has 2 unspecified atom stereocenters. The predicted octanol–water partition coefficient (Wildman–Crippen LogP) is -3.14. The lowest BCUT2D eigenvalue weighted by molar-refractivity contribution is -0.144. The average Bonchev–Trinajstić information content (AvgIpc) is 3.83. The summed E-state index contributed by atoms with van der Waals surface area (Å²) in [6, 6.07) is 1.65. The first-order chi connectivity index (χ1) is 30.0. The molecule has 11 N–H and O–H groups in total. The molecule has 0 aliphatic carbocycles. The zero-order valence-electron chi connectivity index (χ0n) is 34.0. The van der Waals surface area contributed by atoms with Crippen LogP contribution < -0.4 is 48.2 Å². The lowest BCUT2D eigenvalue weighted by atomic mass is 10.1. The third kappa shape index (κ3) is 14.8. The maximum Gasteiger partial charge on any atom is 0.343 e. The van der Waals surface area contributed by atoms with Crippen LogP contribution in [-0.2, 0) is 32.3 Å². The van der Waals surface area contributed by atoms with Gasteiger partial charge in [0.05, 0.1) is 17.9 Å². The Morgan fingerprint density at radius 1 is 0.651 bits per heavy atom. The summed E-state index contributed by atoms with van der Waals surface area (Å²) in [7, 11) is 0. The molecule has 342 valence electrons. The van der Waals surface area contributed by atoms with Crippen molar-refractivity contribution in [2.75, 3.05) is 72.0 Å². The molecule has 3 saturated heterocycles. The number of pyridine rings is 1. The Kier molecular flexibility index (Phi) is 17.4. The first-order valence-corrected chi connectivity index (χ1v) is 21.0. The SMILES string of the molecule is C=C1CN(NC(=S)NCCC(C(=O)O)N2CCN(CCCNC(=S)NN3CC(=O)NC3=O)CCN(C(CCNC(=S)NN3CC(=O)NC3=O)C(=O)O)Cc3cccc(n3)C2)C(=O)N1. The second kappa shape index (κ2) is 22.9. The van der Waals surface area contributed by atoms with Crippen molar-refractivity contribution in [3.8, 4) is 0 Å². The van der Waals surface area contributed by atoms with Crippen LogP contribution in [0.3, 0.4) is 0 Å². The topological polar surface area (TPSA) is 301 Å². The van der Waals surface area contributed by atoms with Gasteiger partial charge in [0.25, 0.3) is 0 Å². The van der Waals surface area contributed by atoms with Crippen LogP contribution in [0.2, 0.25) is 0 Å². The van der Waals surface area contributed by atoms with Gasteiger partial charge in [-0.05, 0) is 74.6 Å². The van der Waals surface area contributed by atoms with E-state index in [9.17, 15) is 43.8 Å². The van der Waals surface area contributed by atoms with Crippen LogP contribution in [-0.4, -0.2) is 186 Å². The minimum Gasteiger partial charge on any atom is -0.480 e. The Morgan fingerprint density at radius 2 is 1.08 bits per heavy atom. The molecule has 0 radical (unpaired) electrons. The fraction of sp³-hybridized carbons (Fsp3) is 0.514. The van der Waals surface area contributed by atoms with Gasteiger partial charge in [-0.15, -0.1) is 0 Å². The van der Waals surface area contributed by atoms with Crippen molar-refractivity contribution in [2.24, 2.45) is 0 Å². The number of urea groups is 3. The van der Waals surface area contributed by atoms with Gasteiger partial charge in [0.15, 0.2) is 15.3 Å². The molecule has 1 aromatic heterocycles. The number of carbonyl (C=O) groups is 7. The molecule has 8 amide bonds. The number of thiocarbonyl (C=S) groups is 3. The standard InChI is InChI=1S/C35H50N16O9S3/c1-21-16-49(33(58)39-21)43-31(62)37-9-6-24(28(54)55)47-14-12-46(11-3-8-36-30(61)44-50-19-26(52)41-34(50)59)13-15-48(18-23-5-2-4-22(17-47)40-23)25(29(56)57)7-10-38-32(63)45-51-20-27(53)42-35(51)60/h2,4-5,24-25H,1,3,6-20H2,(H,39,58)(H,54,55)(H,56,57)(H2,36,44,61)(H2,37,43,62)(H2,38,45,63)(H,41,52,59)(H,42,53,60). The number of nitrogens with zero attached hydrogens (tertiary/aromatic N) is 7. The molecule has 3 fully saturated rings. The van der Waals surface area contributed by atoms with Gasteiger partial charge < -0.3 is 36.4 Å². The molecule has 28 heteroatoms. The zero-order chi connectivity index (χ0) is 45.6. The Morgan fingerprint density at radius 3 is 1.48 bits per heavy atom. The monoisotopic (exact) mass is 934 g/mol. The normalized spacial score (nSPS) is 18.6. The van der Waals surface area contributed by atoms with Gasteiger partial charge in [0.1, 0.15) is 25.2 Å². The number of fused-ring (bicyclic) bond motifs is 2. The number of carbonyl (C=O) groups excluding carboxylic acids is 5. The minimum absolute atomic E-state index is 0.0285. The van der Waals surface area contributed by atoms with Crippen molar-refractivity contribution >= 4 is 93.8 Å². The summed E-state index contributed by atoms with van der Waals surface area (Å²) in [5.74, 6) is -3.10. The molecule has 0 spiro atoms. The van der Waals surface area contributed by atoms with Gasteiger partial charge in [0, 0.05) is 64.6 Å². The first-order valence-electron chi connectivity index (χ1n) is 19.8. The number of hydrazine groups is 3. The van der Waals surface area contributed by atoms with E-state index in [0.717, 1.165) is 10.0 Å². The molecular formula is C35H50N16O9S3. The van der Waals surface area contributed by atoms with E-state index in [2.05, 4.69) is 59.7 Å². The molecule has 1 aromatic rings. The number of amides is 8. The maximum absolute atomic E-state index is 12.9. The van der Waals surface area contributed by atoms with Crippen molar-refractivity contribution in [3.63, 3.8) is 0 Å². The Balaban J connectivity index is 1.27. The third-order valence-corrected chi connectivity index (χ3v) is 10.7. The van der Waals surface area contributed by atoms with E-state index in [4.69, 9.17) is 41.6 Å². The van der Waals surface area contributed by atoms with Gasteiger partial charge in [-0.1, -0.05) is 12.6 Å². The number of imide groups is 2. The second-order valence-corrected chi connectivity index (χ2v) is 15.9. The van der Waals surface area contributed by atoms with Crippen LogP contribution in [0.4, 0.5) is 14.4 Å². The number of rotatable bonds is 17. The molecule has 25 nitrogen and oxygen atoms in total. The molecule has 63 heavy (non-hydrogen) atoms. The lowest BCUT2D eigenvalue weighted by Gasteiger charge is -2.35. The number of carboxylic acids is 2. The number of carboxylic acid groups (broad SMARTS) is 2. The van der Waals surface area contributed by atoms with Gasteiger partial charge in [0.2, 0.25) is 11.8 Å². The summed E-state index contributed by atoms with van der Waals surface area (Å²) in [6.45, 7) is 6.22. The van der Waals surface area contributed by atoms with Gasteiger partial charge in [-0.3, -0.25) is 60.9 Å². The Labute approximate surface area is 377 Å². The van der Waals surface area contributed by atoms with Crippen LogP contribution >= 0.6 is 36.7 Å². The molecule has 2 atom stereocenters. The number of nitrogens with one attached hydrogen (secondary N) is 9. The Bertz CT molecular complexity index is 1880. The smallest absolute Gasteiger partial charge is 0.343 e. The highest BCUT2D eigenvalue weighted by molar-refractivity contribution is 7.80. The minimum atomic E-state index is -1.08. The fourth-order valence-corrected chi connectivity index (χ4v) is 7.56. The highest BCUT2D eigenvalue weighted by Gasteiger charge is 2.32. The molecule has 5 rings (SSSR count). The van der Waals surface area contributed by atoms with Crippen LogP contribution in [0.25, 0.3) is 0 Å². The van der Waals surface area contributed by atoms with Gasteiger partial charge in [-0.2, -0.15) is 0 Å². The van der Waals surface area contributed by atoms with Crippen molar-refractivity contribution in [1.29, 1.82) is 0 Å². The summed E-state index contributed by atoms with van der Waals surface area (Å²) in [6.07, 6.45) is 0.762. The summed E-state index contributed by atoms with van der Waals surface area (Å²) in [5, 5.41) is 40.3. The van der Waals surface area contributed by atoms with E-state index in [1.807, 2.05) is 4.90 Å². The number of hydrogen-bond acceptors (Lipinski definition) is 14. The second-order valence-electron chi connectivity index (χ2n) is 14.6. The van der Waals surface area contributed by atoms with E-state index < -0.39 is 53.9 Å². The van der Waals surface area contributed by atoms with Crippen molar-refractivity contribution < 1.29 is 43.8 Å². The molecule has 2 bridgehead atoms. The number of hydrogen-bond donors (Lipinski definition) is 11. The lowest BCUT2D eigenvalue weighted by Crippen LogP contribution is -2.51. The summed E-state index contributed by atoms with van der Waals surface area (Å²) < 4.78 is 0. The van der Waals surface area contributed by atoms with E-state index >= 15 is 0 Å². The fourth-order valence-electron chi connectivity index (χ4n) is 6.92. The van der Waals surface area contributed by atoms with E-state index in [1.165, 1.54) is 5.01 Å². The van der Waals surface area contributed by atoms with E-state index in [-0.39, 0.29) is 87.1 Å². The first kappa shape index (κ1) is 48.0. The Hall–Kier alpha value is -6.07. The quantitative estimate of drug-likeness (QED) is 0.0418. The van der Waals surface area contributed by atoms with E-state index in [0.29, 0.717) is 49.7 Å². The summed E-state index contributed by atoms with van der Waals surface area (Å²) in [5.41, 5.74) is 9.72. The molecule has 4 aliphatic heterocycles. The maximum atomic E-state index is 12.9. The van der Waals surface area contributed by atoms with Crippen LogP contribution in [0, 0.1) is 0 Å². The summed E-state index contributed by atoms with van der Waals surface area (Å²) in [4.78, 5) is 95.3. The molecular weight excluding hydrogens is 885 g/mol. The highest BCUT2D eigenvalue weighted by Crippen LogP contribution is 2.16. The average molecular weight is 935 g/mol. The highest BCUT2D eigenvalue weighted by atomic mass is 32.1. The van der Waals surface area contributed by atoms with Gasteiger partial charge in [-0.25, -0.2) is 29.4 Å². The molecule has 4 aliphatic rings. The van der Waals surface area contributed by atoms with Gasteiger partial charge >= 0.3 is 30.0 Å². The zero-order valence-corrected chi connectivity index (χ0v) is 36.5. The van der Waals surface area contributed by atoms with Crippen LogP contribution in [0.15, 0.2) is 30.5 Å². The van der Waals surface area contributed by atoms with Crippen molar-refractivity contribution in [3.05, 3.63) is 41.9 Å². The van der Waals surface area contributed by atoms with Crippen LogP contribution in [0.5, 0.6) is 0 Å². The predicted molar refractivity (Wildman–Crippen MR) is 234 cm³/mol. The molecule has 0 aromatic carbocycles. The largest absolute Gasteiger partial charge is 0.480 e. The number of aliphatic carboxylic acids is 2. The van der Waals surface area contributed by atoms with Crippen LogP contribution in [0.1, 0.15) is 30.7 Å².